The van der Waals surface area contributed by atoms with Crippen LogP contribution in [0.5, 0.6) is 0 Å². The summed E-state index contributed by atoms with van der Waals surface area (Å²) in [5, 5.41) is 3.17. The predicted molar refractivity (Wildman–Crippen MR) is 53.3 cm³/mol. The first kappa shape index (κ1) is 9.99. The van der Waals surface area contributed by atoms with Crippen LogP contribution in [0.2, 0.25) is 0 Å². The van der Waals surface area contributed by atoms with Crippen molar-refractivity contribution in [2.45, 2.75) is 13.3 Å². The van der Waals surface area contributed by atoms with E-state index in [-0.39, 0.29) is 5.82 Å². The van der Waals surface area contributed by atoms with Gasteiger partial charge in [-0.1, -0.05) is 0 Å². The van der Waals surface area contributed by atoms with Gasteiger partial charge in [-0.25, -0.2) is 4.39 Å². The summed E-state index contributed by atoms with van der Waals surface area (Å²) in [6, 6.07) is 4.74. The van der Waals surface area contributed by atoms with Crippen LogP contribution >= 0.6 is 0 Å². The van der Waals surface area contributed by atoms with Crippen LogP contribution in [-0.2, 0) is 6.42 Å². The third-order valence-electron chi connectivity index (χ3n) is 1.85. The highest BCUT2D eigenvalue weighted by Gasteiger charge is 2.01. The smallest absolute Gasteiger partial charge is 0.123 e. The van der Waals surface area contributed by atoms with E-state index in [2.05, 4.69) is 5.32 Å². The fourth-order valence-corrected chi connectivity index (χ4v) is 1.29. The van der Waals surface area contributed by atoms with Crippen LogP contribution < -0.4 is 11.1 Å². The van der Waals surface area contributed by atoms with E-state index in [1.54, 1.807) is 6.07 Å². The van der Waals surface area contributed by atoms with Crippen molar-refractivity contribution in [1.82, 2.24) is 0 Å². The van der Waals surface area contributed by atoms with Gasteiger partial charge in [0, 0.05) is 12.2 Å². The van der Waals surface area contributed by atoms with Gasteiger partial charge in [0.2, 0.25) is 0 Å². The Labute approximate surface area is 77.9 Å². The minimum Gasteiger partial charge on any atom is -0.385 e. The molecule has 0 atom stereocenters. The maximum absolute atomic E-state index is 12.8. The normalized spacial score (nSPS) is 10.1. The lowest BCUT2D eigenvalue weighted by Gasteiger charge is -2.09. The van der Waals surface area contributed by atoms with E-state index in [1.807, 2.05) is 6.92 Å². The van der Waals surface area contributed by atoms with E-state index in [0.29, 0.717) is 13.0 Å². The van der Waals surface area contributed by atoms with Crippen molar-refractivity contribution in [2.24, 2.45) is 5.73 Å². The van der Waals surface area contributed by atoms with Crippen molar-refractivity contribution in [2.75, 3.05) is 18.4 Å². The molecule has 0 saturated heterocycles. The maximum atomic E-state index is 12.8. The zero-order valence-electron chi connectivity index (χ0n) is 7.81. The summed E-state index contributed by atoms with van der Waals surface area (Å²) in [7, 11) is 0. The van der Waals surface area contributed by atoms with Crippen LogP contribution in [-0.4, -0.2) is 13.1 Å². The molecular weight excluding hydrogens is 167 g/mol. The molecule has 0 saturated carbocycles. The predicted octanol–water partition coefficient (Wildman–Crippen LogP) is 1.76. The average molecular weight is 182 g/mol. The number of hydrogen-bond donors (Lipinski definition) is 2. The first-order chi connectivity index (χ1) is 6.27. The Bertz CT molecular complexity index is 274. The molecule has 13 heavy (non-hydrogen) atoms. The van der Waals surface area contributed by atoms with E-state index in [9.17, 15) is 4.39 Å². The number of nitrogens with one attached hydrogen (secondary N) is 1. The third-order valence-corrected chi connectivity index (χ3v) is 1.85. The summed E-state index contributed by atoms with van der Waals surface area (Å²) in [6.45, 7) is 3.39. The quantitative estimate of drug-likeness (QED) is 0.744. The SMILES string of the molecule is CCNc1ccc(F)cc1CCN. The zero-order chi connectivity index (χ0) is 9.68. The van der Waals surface area contributed by atoms with Gasteiger partial charge in [-0.2, -0.15) is 0 Å². The molecule has 3 N–H and O–H groups in total. The van der Waals surface area contributed by atoms with Crippen molar-refractivity contribution in [3.8, 4) is 0 Å². The fraction of sp³-hybridized carbons (Fsp3) is 0.400. The summed E-state index contributed by atoms with van der Waals surface area (Å²) in [4.78, 5) is 0. The van der Waals surface area contributed by atoms with E-state index in [4.69, 9.17) is 5.73 Å². The summed E-state index contributed by atoms with van der Waals surface area (Å²) >= 11 is 0. The molecule has 0 aliphatic rings. The Hall–Kier alpha value is -1.09. The number of hydrogen-bond acceptors (Lipinski definition) is 2. The van der Waals surface area contributed by atoms with Gasteiger partial charge in [-0.15, -0.1) is 0 Å². The fourth-order valence-electron chi connectivity index (χ4n) is 1.29. The second kappa shape index (κ2) is 4.82. The molecule has 0 aliphatic heterocycles. The van der Waals surface area contributed by atoms with Crippen molar-refractivity contribution < 1.29 is 4.39 Å². The molecule has 1 aromatic rings. The summed E-state index contributed by atoms with van der Waals surface area (Å²) in [5.74, 6) is -0.204. The molecule has 0 bridgehead atoms. The number of rotatable bonds is 4. The van der Waals surface area contributed by atoms with E-state index in [1.165, 1.54) is 12.1 Å². The standard InChI is InChI=1S/C10H15FN2/c1-2-13-10-4-3-9(11)7-8(10)5-6-12/h3-4,7,13H,2,5-6,12H2,1H3. The van der Waals surface area contributed by atoms with Crippen LogP contribution in [0.4, 0.5) is 10.1 Å². The molecule has 72 valence electrons. The molecule has 0 fully saturated rings. The van der Waals surface area contributed by atoms with Gasteiger partial charge in [0.15, 0.2) is 0 Å². The molecular formula is C10H15FN2. The highest BCUT2D eigenvalue weighted by molar-refractivity contribution is 5.51. The molecule has 0 aromatic heterocycles. The average Bonchev–Trinajstić information content (AvgIpc) is 2.10. The van der Waals surface area contributed by atoms with E-state index < -0.39 is 0 Å². The van der Waals surface area contributed by atoms with E-state index in [0.717, 1.165) is 17.8 Å². The minimum atomic E-state index is -0.204. The number of halogens is 1. The Morgan fingerprint density at radius 2 is 2.23 bits per heavy atom. The molecule has 1 rings (SSSR count). The van der Waals surface area contributed by atoms with Crippen LogP contribution in [0.1, 0.15) is 12.5 Å². The van der Waals surface area contributed by atoms with Crippen LogP contribution in [0.3, 0.4) is 0 Å². The summed E-state index contributed by atoms with van der Waals surface area (Å²) in [6.07, 6.45) is 0.708. The van der Waals surface area contributed by atoms with Crippen LogP contribution in [0.25, 0.3) is 0 Å². The second-order valence-electron chi connectivity index (χ2n) is 2.87. The molecule has 1 aromatic carbocycles. The van der Waals surface area contributed by atoms with Crippen LogP contribution in [0, 0.1) is 5.82 Å². The number of nitrogens with two attached hydrogens (primary N) is 1. The van der Waals surface area contributed by atoms with Crippen molar-refractivity contribution in [3.05, 3.63) is 29.6 Å². The molecule has 0 spiro atoms. The Balaban J connectivity index is 2.89. The lowest BCUT2D eigenvalue weighted by Crippen LogP contribution is -2.07. The van der Waals surface area contributed by atoms with Gasteiger partial charge in [0.05, 0.1) is 0 Å². The summed E-state index contributed by atoms with van der Waals surface area (Å²) in [5.41, 5.74) is 7.35. The summed E-state index contributed by atoms with van der Waals surface area (Å²) < 4.78 is 12.8. The molecule has 0 radical (unpaired) electrons. The second-order valence-corrected chi connectivity index (χ2v) is 2.87. The minimum absolute atomic E-state index is 0.204. The van der Waals surface area contributed by atoms with Crippen molar-refractivity contribution >= 4 is 5.69 Å². The zero-order valence-corrected chi connectivity index (χ0v) is 7.81. The molecule has 3 heteroatoms. The Morgan fingerprint density at radius 1 is 1.46 bits per heavy atom. The van der Waals surface area contributed by atoms with Gasteiger partial charge in [0.1, 0.15) is 5.82 Å². The molecule has 0 aliphatic carbocycles. The van der Waals surface area contributed by atoms with Gasteiger partial charge in [0.25, 0.3) is 0 Å². The third kappa shape index (κ3) is 2.70. The topological polar surface area (TPSA) is 38.0 Å². The number of anilines is 1. The molecule has 0 unspecified atom stereocenters. The molecule has 0 amide bonds. The first-order valence-corrected chi connectivity index (χ1v) is 4.50. The monoisotopic (exact) mass is 182 g/mol. The molecule has 0 heterocycles. The van der Waals surface area contributed by atoms with Crippen LogP contribution in [0.15, 0.2) is 18.2 Å². The van der Waals surface area contributed by atoms with Gasteiger partial charge < -0.3 is 11.1 Å². The highest BCUT2D eigenvalue weighted by Crippen LogP contribution is 2.16. The lowest BCUT2D eigenvalue weighted by molar-refractivity contribution is 0.625. The van der Waals surface area contributed by atoms with Gasteiger partial charge in [-0.05, 0) is 43.7 Å². The Morgan fingerprint density at radius 3 is 2.85 bits per heavy atom. The van der Waals surface area contributed by atoms with Gasteiger partial charge in [-0.3, -0.25) is 0 Å². The number of benzene rings is 1. The van der Waals surface area contributed by atoms with E-state index >= 15 is 0 Å². The largest absolute Gasteiger partial charge is 0.385 e. The highest BCUT2D eigenvalue weighted by atomic mass is 19.1. The maximum Gasteiger partial charge on any atom is 0.123 e. The van der Waals surface area contributed by atoms with Gasteiger partial charge >= 0.3 is 0 Å². The Kier molecular flexibility index (Phi) is 3.71. The van der Waals surface area contributed by atoms with Crippen molar-refractivity contribution in [3.63, 3.8) is 0 Å². The molecule has 2 nitrogen and oxygen atoms in total. The lowest BCUT2D eigenvalue weighted by atomic mass is 10.1. The first-order valence-electron chi connectivity index (χ1n) is 4.50. The van der Waals surface area contributed by atoms with Crippen molar-refractivity contribution in [1.29, 1.82) is 0 Å².